The number of rotatable bonds is 6. The van der Waals surface area contributed by atoms with Gasteiger partial charge in [-0.25, -0.2) is 4.98 Å². The maximum Gasteiger partial charge on any atom is 0.240 e. The van der Waals surface area contributed by atoms with Gasteiger partial charge in [-0.3, -0.25) is 14.4 Å². The second kappa shape index (κ2) is 9.50. The van der Waals surface area contributed by atoms with Gasteiger partial charge in [0.2, 0.25) is 11.3 Å². The van der Waals surface area contributed by atoms with Crippen LogP contribution in [-0.4, -0.2) is 21.2 Å². The predicted octanol–water partition coefficient (Wildman–Crippen LogP) is 4.32. The van der Waals surface area contributed by atoms with Crippen molar-refractivity contribution in [3.8, 4) is 0 Å². The van der Waals surface area contributed by atoms with Crippen LogP contribution in [0.25, 0.3) is 11.0 Å². The van der Waals surface area contributed by atoms with Crippen LogP contribution in [0, 0.1) is 13.8 Å². The third-order valence-corrected chi connectivity index (χ3v) is 5.86. The number of hydrogen-bond acceptors (Lipinski definition) is 4. The Balaban J connectivity index is 1.68. The molecule has 0 fully saturated rings. The molecule has 0 aliphatic rings. The van der Waals surface area contributed by atoms with Crippen molar-refractivity contribution in [1.29, 1.82) is 0 Å². The highest BCUT2D eigenvalue weighted by molar-refractivity contribution is 9.10. The highest BCUT2D eigenvalue weighted by Gasteiger charge is 2.19. The molecule has 7 heteroatoms. The molecule has 0 saturated carbocycles. The molecule has 0 aliphatic carbocycles. The molecule has 0 aliphatic heterocycles. The fourth-order valence-corrected chi connectivity index (χ4v) is 3.78. The largest absolute Gasteiger partial charge is 0.350 e. The van der Waals surface area contributed by atoms with Crippen molar-refractivity contribution in [3.63, 3.8) is 0 Å². The van der Waals surface area contributed by atoms with Crippen molar-refractivity contribution >= 4 is 38.7 Å². The Morgan fingerprint density at radius 3 is 2.36 bits per heavy atom. The van der Waals surface area contributed by atoms with Crippen LogP contribution in [0.5, 0.6) is 0 Å². The van der Waals surface area contributed by atoms with Crippen LogP contribution in [0.3, 0.4) is 0 Å². The molecule has 0 atom stereocenters. The van der Waals surface area contributed by atoms with E-state index in [0.717, 1.165) is 15.6 Å². The zero-order chi connectivity index (χ0) is 23.5. The maximum atomic E-state index is 13.1. The number of nitrogens with one attached hydrogen (secondary N) is 1. The number of benzene rings is 2. The molecule has 4 rings (SSSR count). The van der Waals surface area contributed by atoms with Gasteiger partial charge in [0.15, 0.2) is 5.78 Å². The lowest BCUT2D eigenvalue weighted by molar-refractivity contribution is -0.121. The Hall–Kier alpha value is -3.58. The smallest absolute Gasteiger partial charge is 0.240 e. The molecule has 2 aromatic carbocycles. The number of amides is 1. The summed E-state index contributed by atoms with van der Waals surface area (Å²) in [5, 5.41) is 3.19. The molecule has 6 nitrogen and oxygen atoms in total. The number of carbonyl (C=O) groups is 2. The van der Waals surface area contributed by atoms with Crippen LogP contribution in [0.15, 0.2) is 76.1 Å². The lowest BCUT2D eigenvalue weighted by atomic mass is 10.0. The number of pyridine rings is 2. The number of aryl methyl sites for hydroxylation is 2. The van der Waals surface area contributed by atoms with E-state index in [9.17, 15) is 14.4 Å². The molecule has 0 radical (unpaired) electrons. The van der Waals surface area contributed by atoms with Gasteiger partial charge in [-0.05, 0) is 55.8 Å². The molecule has 0 saturated heterocycles. The van der Waals surface area contributed by atoms with Crippen molar-refractivity contribution in [2.24, 2.45) is 0 Å². The summed E-state index contributed by atoms with van der Waals surface area (Å²) in [4.78, 5) is 43.4. The van der Waals surface area contributed by atoms with Gasteiger partial charge in [-0.1, -0.05) is 45.8 Å². The minimum absolute atomic E-state index is 0.00168. The second-order valence-corrected chi connectivity index (χ2v) is 8.84. The number of nitrogens with zero attached hydrogens (tertiary/aromatic N) is 2. The summed E-state index contributed by atoms with van der Waals surface area (Å²) in [7, 11) is 0. The average Bonchev–Trinajstić information content (AvgIpc) is 2.80. The summed E-state index contributed by atoms with van der Waals surface area (Å²) in [6, 6.07) is 18.1. The van der Waals surface area contributed by atoms with Gasteiger partial charge >= 0.3 is 0 Å². The lowest BCUT2D eigenvalue weighted by Gasteiger charge is -2.13. The monoisotopic (exact) mass is 503 g/mol. The van der Waals surface area contributed by atoms with E-state index in [-0.39, 0.29) is 18.0 Å². The fraction of sp³-hybridized carbons (Fsp3) is 0.154. The van der Waals surface area contributed by atoms with Crippen molar-refractivity contribution in [2.75, 3.05) is 0 Å². The first-order valence-corrected chi connectivity index (χ1v) is 11.2. The third-order valence-electron chi connectivity index (χ3n) is 5.34. The van der Waals surface area contributed by atoms with E-state index < -0.39 is 11.2 Å². The summed E-state index contributed by atoms with van der Waals surface area (Å²) in [5.41, 5.74) is 3.21. The molecule has 1 N–H and O–H groups in total. The quantitative estimate of drug-likeness (QED) is 0.397. The molecule has 0 spiro atoms. The van der Waals surface area contributed by atoms with Gasteiger partial charge in [-0.15, -0.1) is 0 Å². The number of ketones is 1. The Morgan fingerprint density at radius 2 is 1.67 bits per heavy atom. The summed E-state index contributed by atoms with van der Waals surface area (Å²) in [5.74, 6) is -0.644. The Bertz CT molecular complexity index is 1410. The van der Waals surface area contributed by atoms with Gasteiger partial charge in [0, 0.05) is 28.5 Å². The van der Waals surface area contributed by atoms with E-state index in [2.05, 4.69) is 26.2 Å². The highest BCUT2D eigenvalue weighted by Crippen LogP contribution is 2.16. The molecule has 166 valence electrons. The third kappa shape index (κ3) is 5.09. The first-order valence-electron chi connectivity index (χ1n) is 10.4. The topological polar surface area (TPSA) is 81.1 Å². The van der Waals surface area contributed by atoms with Crippen LogP contribution in [0.2, 0.25) is 0 Å². The van der Waals surface area contributed by atoms with Crippen molar-refractivity contribution in [1.82, 2.24) is 14.9 Å². The van der Waals surface area contributed by atoms with E-state index >= 15 is 0 Å². The SMILES string of the molecule is Cc1ccc(CNC(=O)Cn2cc(C(=O)c3ccc(Br)cc3)c(=O)c3ccc(C)nc32)cc1. The standard InChI is InChI=1S/C26H22BrN3O3/c1-16-3-6-18(7-4-16)13-28-23(31)15-30-14-22(24(32)19-8-10-20(27)11-9-19)25(33)21-12-5-17(2)29-26(21)30/h3-12,14H,13,15H2,1-2H3,(H,28,31). The number of aromatic nitrogens is 2. The Labute approximate surface area is 199 Å². The summed E-state index contributed by atoms with van der Waals surface area (Å²) in [6.07, 6.45) is 1.44. The van der Waals surface area contributed by atoms with Crippen molar-refractivity contribution < 1.29 is 9.59 Å². The summed E-state index contributed by atoms with van der Waals surface area (Å²) in [6.45, 7) is 4.13. The Kier molecular flexibility index (Phi) is 6.51. The van der Waals surface area contributed by atoms with Gasteiger partial charge < -0.3 is 9.88 Å². The first kappa shape index (κ1) is 22.6. The second-order valence-electron chi connectivity index (χ2n) is 7.92. The van der Waals surface area contributed by atoms with Crippen LogP contribution in [0.1, 0.15) is 32.7 Å². The molecule has 2 aromatic heterocycles. The Morgan fingerprint density at radius 1 is 0.970 bits per heavy atom. The molecule has 4 aromatic rings. The van der Waals surface area contributed by atoms with E-state index in [1.165, 1.54) is 6.20 Å². The minimum atomic E-state index is -0.401. The van der Waals surface area contributed by atoms with Gasteiger partial charge in [0.25, 0.3) is 0 Å². The van der Waals surface area contributed by atoms with Crippen LogP contribution in [-0.2, 0) is 17.9 Å². The normalized spacial score (nSPS) is 10.9. The number of carbonyl (C=O) groups excluding carboxylic acids is 2. The molecule has 0 unspecified atom stereocenters. The zero-order valence-electron chi connectivity index (χ0n) is 18.3. The lowest BCUT2D eigenvalue weighted by Crippen LogP contribution is -2.29. The zero-order valence-corrected chi connectivity index (χ0v) is 19.8. The van der Waals surface area contributed by atoms with E-state index in [1.54, 1.807) is 41.0 Å². The highest BCUT2D eigenvalue weighted by atomic mass is 79.9. The predicted molar refractivity (Wildman–Crippen MR) is 131 cm³/mol. The maximum absolute atomic E-state index is 13.1. The van der Waals surface area contributed by atoms with E-state index in [0.29, 0.717) is 28.8 Å². The molecular formula is C26H22BrN3O3. The van der Waals surface area contributed by atoms with Crippen LogP contribution in [0.4, 0.5) is 0 Å². The molecule has 33 heavy (non-hydrogen) atoms. The van der Waals surface area contributed by atoms with Crippen LogP contribution < -0.4 is 10.7 Å². The minimum Gasteiger partial charge on any atom is -0.350 e. The molecule has 0 bridgehead atoms. The van der Waals surface area contributed by atoms with Crippen molar-refractivity contribution in [2.45, 2.75) is 26.9 Å². The van der Waals surface area contributed by atoms with Crippen LogP contribution >= 0.6 is 15.9 Å². The summed E-state index contributed by atoms with van der Waals surface area (Å²) < 4.78 is 2.40. The van der Waals surface area contributed by atoms with Gasteiger partial charge in [0.05, 0.1) is 10.9 Å². The van der Waals surface area contributed by atoms with Gasteiger partial charge in [0.1, 0.15) is 12.2 Å². The molecule has 2 heterocycles. The van der Waals surface area contributed by atoms with E-state index in [4.69, 9.17) is 0 Å². The van der Waals surface area contributed by atoms with Gasteiger partial charge in [-0.2, -0.15) is 0 Å². The number of hydrogen-bond donors (Lipinski definition) is 1. The molecular weight excluding hydrogens is 482 g/mol. The fourth-order valence-electron chi connectivity index (χ4n) is 3.52. The number of fused-ring (bicyclic) bond motifs is 1. The average molecular weight is 504 g/mol. The number of halogens is 1. The van der Waals surface area contributed by atoms with Crippen molar-refractivity contribution in [3.05, 3.63) is 110 Å². The van der Waals surface area contributed by atoms with E-state index in [1.807, 2.05) is 38.1 Å². The summed E-state index contributed by atoms with van der Waals surface area (Å²) >= 11 is 3.35. The molecule has 1 amide bonds. The first-order chi connectivity index (χ1) is 15.8.